The molecule has 1 aromatic rings. The molecule has 0 heterocycles. The number of hydrogen-bond acceptors (Lipinski definition) is 2. The second-order valence-corrected chi connectivity index (χ2v) is 5.60. The number of hydrogen-bond donors (Lipinski definition) is 0. The van der Waals surface area contributed by atoms with Crippen molar-refractivity contribution in [2.24, 2.45) is 0 Å². The lowest BCUT2D eigenvalue weighted by atomic mass is 10.2. The van der Waals surface area contributed by atoms with E-state index in [1.807, 2.05) is 13.0 Å². The zero-order chi connectivity index (χ0) is 11.4. The van der Waals surface area contributed by atoms with E-state index in [9.17, 15) is 4.39 Å². The Morgan fingerprint density at radius 1 is 1.67 bits per heavy atom. The molecular formula is C10H8BrClFNS. The van der Waals surface area contributed by atoms with Gasteiger partial charge in [0.15, 0.2) is 0 Å². The van der Waals surface area contributed by atoms with Crippen LogP contribution in [0.4, 0.5) is 4.39 Å². The van der Waals surface area contributed by atoms with Gasteiger partial charge >= 0.3 is 0 Å². The molecule has 5 heteroatoms. The van der Waals surface area contributed by atoms with Gasteiger partial charge < -0.3 is 0 Å². The zero-order valence-electron chi connectivity index (χ0n) is 7.93. The minimum atomic E-state index is -0.378. The topological polar surface area (TPSA) is 23.8 Å². The molecule has 0 fully saturated rings. The van der Waals surface area contributed by atoms with Gasteiger partial charge in [0.25, 0.3) is 0 Å². The number of thioether (sulfide) groups is 1. The average Bonchev–Trinajstić information content (AvgIpc) is 2.22. The van der Waals surface area contributed by atoms with Gasteiger partial charge in [-0.2, -0.15) is 5.26 Å². The van der Waals surface area contributed by atoms with Crippen LogP contribution in [0, 0.1) is 17.1 Å². The zero-order valence-corrected chi connectivity index (χ0v) is 11.1. The van der Waals surface area contributed by atoms with E-state index in [0.29, 0.717) is 20.8 Å². The Balaban J connectivity index is 3.01. The van der Waals surface area contributed by atoms with Gasteiger partial charge in [-0.15, -0.1) is 23.4 Å². The maximum atomic E-state index is 13.5. The normalized spacial score (nSPS) is 12.2. The SMILES string of the molecule is CC(CCl)Sc1cc(Br)c(C#N)cc1F. The average molecular weight is 309 g/mol. The molecule has 1 rings (SSSR count). The van der Waals surface area contributed by atoms with Gasteiger partial charge in [-0.05, 0) is 28.1 Å². The van der Waals surface area contributed by atoms with Crippen LogP contribution in [0.25, 0.3) is 0 Å². The standard InChI is InChI=1S/C10H8BrClFNS/c1-6(4-12)15-10-3-8(11)7(5-14)2-9(10)13/h2-3,6H,4H2,1H3. The van der Waals surface area contributed by atoms with Crippen molar-refractivity contribution in [1.82, 2.24) is 0 Å². The summed E-state index contributed by atoms with van der Waals surface area (Å²) in [4.78, 5) is 0.508. The molecule has 1 nitrogen and oxygen atoms in total. The van der Waals surface area contributed by atoms with Crippen LogP contribution in [0.1, 0.15) is 12.5 Å². The van der Waals surface area contributed by atoms with Crippen molar-refractivity contribution in [3.8, 4) is 6.07 Å². The smallest absolute Gasteiger partial charge is 0.138 e. The van der Waals surface area contributed by atoms with Crippen LogP contribution in [-0.2, 0) is 0 Å². The van der Waals surface area contributed by atoms with Crippen LogP contribution < -0.4 is 0 Å². The molecule has 80 valence electrons. The van der Waals surface area contributed by atoms with Crippen molar-refractivity contribution < 1.29 is 4.39 Å². The van der Waals surface area contributed by atoms with Crippen LogP contribution in [0.5, 0.6) is 0 Å². The molecule has 0 saturated carbocycles. The molecule has 0 aliphatic heterocycles. The first-order valence-corrected chi connectivity index (χ1v) is 6.41. The Morgan fingerprint density at radius 3 is 2.87 bits per heavy atom. The highest BCUT2D eigenvalue weighted by molar-refractivity contribution is 9.10. The third kappa shape index (κ3) is 3.37. The van der Waals surface area contributed by atoms with Crippen molar-refractivity contribution >= 4 is 39.3 Å². The minimum absolute atomic E-state index is 0.140. The van der Waals surface area contributed by atoms with Crippen LogP contribution in [0.15, 0.2) is 21.5 Å². The van der Waals surface area contributed by atoms with Crippen molar-refractivity contribution in [2.45, 2.75) is 17.1 Å². The monoisotopic (exact) mass is 307 g/mol. The first-order chi connectivity index (χ1) is 7.08. The van der Waals surface area contributed by atoms with Crippen molar-refractivity contribution in [1.29, 1.82) is 5.26 Å². The molecule has 15 heavy (non-hydrogen) atoms. The lowest BCUT2D eigenvalue weighted by Crippen LogP contribution is -1.98. The first kappa shape index (κ1) is 12.8. The Bertz CT molecular complexity index is 405. The highest BCUT2D eigenvalue weighted by atomic mass is 79.9. The summed E-state index contributed by atoms with van der Waals surface area (Å²) in [5.41, 5.74) is 0.301. The third-order valence-corrected chi connectivity index (χ3v) is 4.13. The molecule has 1 aromatic carbocycles. The van der Waals surface area contributed by atoms with E-state index in [-0.39, 0.29) is 11.1 Å². The molecule has 1 atom stereocenters. The third-order valence-electron chi connectivity index (χ3n) is 1.69. The second kappa shape index (κ2) is 5.74. The molecular weight excluding hydrogens is 301 g/mol. The summed E-state index contributed by atoms with van der Waals surface area (Å²) in [7, 11) is 0. The van der Waals surface area contributed by atoms with E-state index in [0.717, 1.165) is 0 Å². The van der Waals surface area contributed by atoms with Gasteiger partial charge in [-0.1, -0.05) is 6.92 Å². The molecule has 0 saturated heterocycles. The lowest BCUT2D eigenvalue weighted by Gasteiger charge is -2.09. The molecule has 0 aliphatic carbocycles. The molecule has 0 aromatic heterocycles. The summed E-state index contributed by atoms with van der Waals surface area (Å²) >= 11 is 10.2. The number of halogens is 3. The fourth-order valence-electron chi connectivity index (χ4n) is 0.953. The molecule has 0 N–H and O–H groups in total. The summed E-state index contributed by atoms with van der Waals surface area (Å²) in [6.45, 7) is 1.92. The van der Waals surface area contributed by atoms with E-state index in [2.05, 4.69) is 15.9 Å². The van der Waals surface area contributed by atoms with Crippen LogP contribution in [0.3, 0.4) is 0 Å². The predicted octanol–water partition coefficient (Wildman–Crippen LogP) is 4.18. The van der Waals surface area contributed by atoms with Crippen molar-refractivity contribution in [3.63, 3.8) is 0 Å². The van der Waals surface area contributed by atoms with Crippen LogP contribution >= 0.6 is 39.3 Å². The number of nitriles is 1. The number of rotatable bonds is 3. The highest BCUT2D eigenvalue weighted by Crippen LogP contribution is 2.31. The Kier molecular flexibility index (Phi) is 4.91. The Hall–Kier alpha value is -0.240. The second-order valence-electron chi connectivity index (χ2n) is 2.96. The van der Waals surface area contributed by atoms with E-state index in [1.54, 1.807) is 6.07 Å². The van der Waals surface area contributed by atoms with Gasteiger partial charge in [0.05, 0.1) is 5.56 Å². The molecule has 0 aliphatic rings. The summed E-state index contributed by atoms with van der Waals surface area (Å²) in [5.74, 6) is 0.0820. The molecule has 0 radical (unpaired) electrons. The summed E-state index contributed by atoms with van der Waals surface area (Å²) in [5, 5.41) is 8.83. The first-order valence-electron chi connectivity index (χ1n) is 4.20. The van der Waals surface area contributed by atoms with Crippen molar-refractivity contribution in [2.75, 3.05) is 5.88 Å². The molecule has 1 unspecified atom stereocenters. The summed E-state index contributed by atoms with van der Waals surface area (Å²) < 4.78 is 14.1. The van der Waals surface area contributed by atoms with E-state index in [4.69, 9.17) is 16.9 Å². The molecule has 0 spiro atoms. The maximum absolute atomic E-state index is 13.5. The van der Waals surface area contributed by atoms with Crippen LogP contribution in [0.2, 0.25) is 0 Å². The number of alkyl halides is 1. The molecule has 0 bridgehead atoms. The Labute approximate surface area is 106 Å². The number of nitrogens with zero attached hydrogens (tertiary/aromatic N) is 1. The maximum Gasteiger partial charge on any atom is 0.138 e. The van der Waals surface area contributed by atoms with E-state index < -0.39 is 0 Å². The van der Waals surface area contributed by atoms with Crippen LogP contribution in [-0.4, -0.2) is 11.1 Å². The largest absolute Gasteiger partial charge is 0.206 e. The van der Waals surface area contributed by atoms with E-state index in [1.165, 1.54) is 17.8 Å². The van der Waals surface area contributed by atoms with Gasteiger partial charge in [0, 0.05) is 20.5 Å². The van der Waals surface area contributed by atoms with Gasteiger partial charge in [0.2, 0.25) is 0 Å². The van der Waals surface area contributed by atoms with Gasteiger partial charge in [-0.3, -0.25) is 0 Å². The summed E-state index contributed by atoms with van der Waals surface area (Å²) in [6.07, 6.45) is 0. The van der Waals surface area contributed by atoms with Gasteiger partial charge in [0.1, 0.15) is 11.9 Å². The quantitative estimate of drug-likeness (QED) is 0.618. The Morgan fingerprint density at radius 2 is 2.33 bits per heavy atom. The number of benzene rings is 1. The fraction of sp³-hybridized carbons (Fsp3) is 0.300. The van der Waals surface area contributed by atoms with Crippen molar-refractivity contribution in [3.05, 3.63) is 28.0 Å². The molecule has 0 amide bonds. The lowest BCUT2D eigenvalue weighted by molar-refractivity contribution is 0.600. The minimum Gasteiger partial charge on any atom is -0.206 e. The predicted molar refractivity (Wildman–Crippen MR) is 64.9 cm³/mol. The summed E-state index contributed by atoms with van der Waals surface area (Å²) in [6, 6.07) is 4.75. The highest BCUT2D eigenvalue weighted by Gasteiger charge is 2.11. The van der Waals surface area contributed by atoms with E-state index >= 15 is 0 Å². The van der Waals surface area contributed by atoms with Gasteiger partial charge in [-0.25, -0.2) is 4.39 Å². The fourth-order valence-corrected chi connectivity index (χ4v) is 2.58.